The molecule has 3 heteroatoms. The fourth-order valence-corrected chi connectivity index (χ4v) is 2.21. The maximum atomic E-state index is 12.0. The summed E-state index contributed by atoms with van der Waals surface area (Å²) < 4.78 is 5.10. The molecule has 0 atom stereocenters. The molecule has 2 rings (SSSR count). The summed E-state index contributed by atoms with van der Waals surface area (Å²) in [6.07, 6.45) is 5.77. The van der Waals surface area contributed by atoms with Crippen molar-refractivity contribution in [3.05, 3.63) is 29.8 Å². The van der Waals surface area contributed by atoms with E-state index in [1.165, 1.54) is 19.3 Å². The molecule has 0 radical (unpaired) electrons. The number of benzene rings is 1. The lowest BCUT2D eigenvalue weighted by Gasteiger charge is -2.21. The number of nitrogens with zero attached hydrogens (tertiary/aromatic N) is 1. The SMILES string of the molecule is COc1cccc(C([O-])=NC2CCCCC2)c1. The standard InChI is InChI=1S/C14H19NO2/c1-17-13-9-5-6-11(10-13)14(16)15-12-7-3-2-4-8-12/h5-6,9-10,12H,2-4,7-8H2,1H3,(H,15,16)/p-1. The van der Waals surface area contributed by atoms with E-state index in [1.54, 1.807) is 19.2 Å². The van der Waals surface area contributed by atoms with Crippen LogP contribution in [-0.2, 0) is 0 Å². The molecule has 1 aromatic carbocycles. The zero-order valence-corrected chi connectivity index (χ0v) is 10.2. The van der Waals surface area contributed by atoms with Crippen LogP contribution >= 0.6 is 0 Å². The molecule has 0 N–H and O–H groups in total. The molecule has 1 aromatic rings. The highest BCUT2D eigenvalue weighted by atomic mass is 16.5. The second-order valence-corrected chi connectivity index (χ2v) is 4.46. The molecule has 0 amide bonds. The van der Waals surface area contributed by atoms with Gasteiger partial charge in [-0.2, -0.15) is 0 Å². The van der Waals surface area contributed by atoms with Crippen molar-refractivity contribution < 1.29 is 9.84 Å². The van der Waals surface area contributed by atoms with Crippen LogP contribution in [0.4, 0.5) is 0 Å². The summed E-state index contributed by atoms with van der Waals surface area (Å²) >= 11 is 0. The molecule has 0 bridgehead atoms. The molecule has 0 saturated heterocycles. The van der Waals surface area contributed by atoms with Crippen LogP contribution in [0.1, 0.15) is 37.7 Å². The minimum absolute atomic E-state index is 0.115. The maximum Gasteiger partial charge on any atom is 0.119 e. The zero-order valence-electron chi connectivity index (χ0n) is 10.2. The van der Waals surface area contributed by atoms with Gasteiger partial charge in [0.2, 0.25) is 0 Å². The third-order valence-corrected chi connectivity index (χ3v) is 3.19. The van der Waals surface area contributed by atoms with Crippen molar-refractivity contribution in [1.82, 2.24) is 0 Å². The molecule has 1 fully saturated rings. The van der Waals surface area contributed by atoms with Crippen LogP contribution in [0.15, 0.2) is 29.3 Å². The topological polar surface area (TPSA) is 44.6 Å². The van der Waals surface area contributed by atoms with Crippen molar-refractivity contribution in [2.45, 2.75) is 38.1 Å². The Kier molecular flexibility index (Phi) is 4.02. The predicted molar refractivity (Wildman–Crippen MR) is 66.4 cm³/mol. The Bertz CT molecular complexity index is 395. The third-order valence-electron chi connectivity index (χ3n) is 3.19. The molecule has 0 spiro atoms. The predicted octanol–water partition coefficient (Wildman–Crippen LogP) is 2.13. The Hall–Kier alpha value is -1.51. The Balaban J connectivity index is 2.11. The molecule has 1 aliphatic rings. The molecule has 0 heterocycles. The Morgan fingerprint density at radius 2 is 2.06 bits per heavy atom. The Morgan fingerprint density at radius 1 is 1.29 bits per heavy atom. The number of hydrogen-bond donors (Lipinski definition) is 0. The fourth-order valence-electron chi connectivity index (χ4n) is 2.21. The molecule has 1 saturated carbocycles. The molecular weight excluding hydrogens is 214 g/mol. The van der Waals surface area contributed by atoms with Crippen LogP contribution in [-0.4, -0.2) is 19.0 Å². The van der Waals surface area contributed by atoms with Crippen molar-refractivity contribution in [2.24, 2.45) is 4.99 Å². The second kappa shape index (κ2) is 5.71. The third kappa shape index (κ3) is 3.22. The molecule has 0 aromatic heterocycles. The van der Waals surface area contributed by atoms with E-state index >= 15 is 0 Å². The van der Waals surface area contributed by atoms with Crippen molar-refractivity contribution in [1.29, 1.82) is 0 Å². The summed E-state index contributed by atoms with van der Waals surface area (Å²) in [7, 11) is 1.60. The van der Waals surface area contributed by atoms with Crippen LogP contribution in [0.5, 0.6) is 5.75 Å². The molecule has 0 unspecified atom stereocenters. The van der Waals surface area contributed by atoms with Crippen LogP contribution in [0.3, 0.4) is 0 Å². The lowest BCUT2D eigenvalue weighted by atomic mass is 9.96. The van der Waals surface area contributed by atoms with Gasteiger partial charge in [-0.1, -0.05) is 31.4 Å². The van der Waals surface area contributed by atoms with E-state index in [1.807, 2.05) is 12.1 Å². The molecule has 1 aliphatic carbocycles. The van der Waals surface area contributed by atoms with Crippen LogP contribution in [0.25, 0.3) is 0 Å². The fraction of sp³-hybridized carbons (Fsp3) is 0.500. The number of aliphatic imine (C=N–C) groups is 1. The quantitative estimate of drug-likeness (QED) is 0.592. The summed E-state index contributed by atoms with van der Waals surface area (Å²) in [5.41, 5.74) is 0.620. The highest BCUT2D eigenvalue weighted by Crippen LogP contribution is 2.21. The Morgan fingerprint density at radius 3 is 2.76 bits per heavy atom. The first-order valence-corrected chi connectivity index (χ1v) is 6.19. The second-order valence-electron chi connectivity index (χ2n) is 4.46. The smallest absolute Gasteiger partial charge is 0.119 e. The van der Waals surface area contributed by atoms with Gasteiger partial charge in [0.25, 0.3) is 0 Å². The molecule has 92 valence electrons. The van der Waals surface area contributed by atoms with E-state index in [4.69, 9.17) is 4.74 Å². The molecule has 3 nitrogen and oxygen atoms in total. The van der Waals surface area contributed by atoms with Gasteiger partial charge in [0.15, 0.2) is 0 Å². The van der Waals surface area contributed by atoms with E-state index in [-0.39, 0.29) is 11.9 Å². The summed E-state index contributed by atoms with van der Waals surface area (Å²) in [4.78, 5) is 4.29. The minimum atomic E-state index is -0.115. The van der Waals surface area contributed by atoms with E-state index in [0.29, 0.717) is 11.3 Å². The van der Waals surface area contributed by atoms with Crippen molar-refractivity contribution in [3.8, 4) is 5.75 Å². The summed E-state index contributed by atoms with van der Waals surface area (Å²) in [6.45, 7) is 0. The van der Waals surface area contributed by atoms with Gasteiger partial charge in [0.1, 0.15) is 5.75 Å². The summed E-state index contributed by atoms with van der Waals surface area (Å²) in [5.74, 6) is 0.588. The van der Waals surface area contributed by atoms with E-state index in [9.17, 15) is 5.11 Å². The number of ether oxygens (including phenoxy) is 1. The molecule has 0 aliphatic heterocycles. The average molecular weight is 232 g/mol. The van der Waals surface area contributed by atoms with Crippen molar-refractivity contribution in [3.63, 3.8) is 0 Å². The van der Waals surface area contributed by atoms with Gasteiger partial charge in [-0.15, -0.1) is 0 Å². The van der Waals surface area contributed by atoms with Crippen molar-refractivity contribution >= 4 is 5.90 Å². The lowest BCUT2D eigenvalue weighted by Crippen LogP contribution is -2.23. The van der Waals surface area contributed by atoms with Gasteiger partial charge in [-0.05, 0) is 36.4 Å². The van der Waals surface area contributed by atoms with Gasteiger partial charge in [-0.25, -0.2) is 0 Å². The number of rotatable bonds is 3. The van der Waals surface area contributed by atoms with Crippen LogP contribution in [0.2, 0.25) is 0 Å². The van der Waals surface area contributed by atoms with Crippen LogP contribution in [0, 0.1) is 0 Å². The normalized spacial score (nSPS) is 18.1. The summed E-state index contributed by atoms with van der Waals surface area (Å²) in [6, 6.07) is 7.41. The first-order chi connectivity index (χ1) is 8.29. The molecule has 17 heavy (non-hydrogen) atoms. The number of hydrogen-bond acceptors (Lipinski definition) is 3. The highest BCUT2D eigenvalue weighted by molar-refractivity contribution is 5.91. The summed E-state index contributed by atoms with van der Waals surface area (Å²) in [5, 5.41) is 12.0. The van der Waals surface area contributed by atoms with Gasteiger partial charge in [-0.3, -0.25) is 4.99 Å². The largest absolute Gasteiger partial charge is 0.858 e. The van der Waals surface area contributed by atoms with E-state index in [0.717, 1.165) is 12.8 Å². The van der Waals surface area contributed by atoms with Gasteiger partial charge < -0.3 is 9.84 Å². The zero-order chi connectivity index (χ0) is 12.1. The number of methoxy groups -OCH3 is 1. The first-order valence-electron chi connectivity index (χ1n) is 6.19. The van der Waals surface area contributed by atoms with Gasteiger partial charge >= 0.3 is 0 Å². The van der Waals surface area contributed by atoms with Crippen molar-refractivity contribution in [2.75, 3.05) is 7.11 Å². The average Bonchev–Trinajstić information content (AvgIpc) is 2.40. The van der Waals surface area contributed by atoms with Gasteiger partial charge in [0.05, 0.1) is 7.11 Å². The van der Waals surface area contributed by atoms with E-state index < -0.39 is 0 Å². The monoisotopic (exact) mass is 232 g/mol. The Labute approximate surface area is 102 Å². The van der Waals surface area contributed by atoms with Gasteiger partial charge in [0, 0.05) is 6.04 Å². The minimum Gasteiger partial charge on any atom is -0.858 e. The van der Waals surface area contributed by atoms with E-state index in [2.05, 4.69) is 4.99 Å². The maximum absolute atomic E-state index is 12.0. The highest BCUT2D eigenvalue weighted by Gasteiger charge is 2.11. The lowest BCUT2D eigenvalue weighted by molar-refractivity contribution is -0.213. The first kappa shape index (κ1) is 12.0. The van der Waals surface area contributed by atoms with Crippen LogP contribution < -0.4 is 9.84 Å². The molecular formula is C14H18NO2-.